The van der Waals surface area contributed by atoms with Gasteiger partial charge in [-0.1, -0.05) is 12.1 Å². The van der Waals surface area contributed by atoms with Crippen LogP contribution in [0.1, 0.15) is 38.2 Å². The van der Waals surface area contributed by atoms with Gasteiger partial charge in [-0.2, -0.15) is 0 Å². The number of amides is 1. The van der Waals surface area contributed by atoms with Gasteiger partial charge in [0.25, 0.3) is 11.5 Å². The lowest BCUT2D eigenvalue weighted by atomic mass is 9.79. The molecule has 1 aromatic carbocycles. The molecule has 0 unspecified atom stereocenters. The van der Waals surface area contributed by atoms with Gasteiger partial charge in [0.1, 0.15) is 5.69 Å². The van der Waals surface area contributed by atoms with Crippen LogP contribution in [0.3, 0.4) is 0 Å². The van der Waals surface area contributed by atoms with Gasteiger partial charge >= 0.3 is 7.12 Å². The van der Waals surface area contributed by atoms with Gasteiger partial charge < -0.3 is 19.6 Å². The third-order valence-corrected chi connectivity index (χ3v) is 4.57. The van der Waals surface area contributed by atoms with Crippen LogP contribution < -0.4 is 16.3 Å². The topological polar surface area (TPSA) is 93.3 Å². The number of carbonyl (C=O) groups excluding carboxylic acids is 1. The minimum absolute atomic E-state index is 0.126. The lowest BCUT2D eigenvalue weighted by molar-refractivity contribution is 0.00578. The summed E-state index contributed by atoms with van der Waals surface area (Å²) in [6.07, 6.45) is 2.34. The highest BCUT2D eigenvalue weighted by molar-refractivity contribution is 6.62. The number of aromatic nitrogens is 2. The van der Waals surface area contributed by atoms with E-state index < -0.39 is 24.2 Å². The molecule has 7 nitrogen and oxygen atoms in total. The maximum absolute atomic E-state index is 12.2. The molecule has 25 heavy (non-hydrogen) atoms. The first kappa shape index (κ1) is 17.4. The smallest absolute Gasteiger partial charge is 0.399 e. The number of H-pyrrole nitrogens is 1. The molecule has 0 atom stereocenters. The molecule has 8 heteroatoms. The molecule has 2 N–H and O–H groups in total. The summed E-state index contributed by atoms with van der Waals surface area (Å²) < 4.78 is 12.0. The number of rotatable bonds is 3. The number of anilines is 1. The average molecular weight is 341 g/mol. The number of nitrogens with zero attached hydrogens (tertiary/aromatic N) is 1. The summed E-state index contributed by atoms with van der Waals surface area (Å²) >= 11 is 0. The van der Waals surface area contributed by atoms with Gasteiger partial charge in [0.2, 0.25) is 0 Å². The first-order valence-corrected chi connectivity index (χ1v) is 8.00. The normalized spacial score (nSPS) is 18.2. The molecule has 3 rings (SSSR count). The zero-order chi connectivity index (χ0) is 18.2. The van der Waals surface area contributed by atoms with Gasteiger partial charge in [-0.15, -0.1) is 0 Å². The summed E-state index contributed by atoms with van der Waals surface area (Å²) in [5.41, 5.74) is 0.295. The summed E-state index contributed by atoms with van der Waals surface area (Å²) in [6, 6.07) is 7.26. The molecule has 0 spiro atoms. The second kappa shape index (κ2) is 6.13. The van der Waals surface area contributed by atoms with Crippen molar-refractivity contribution in [2.75, 3.05) is 5.32 Å². The molecule has 2 heterocycles. The van der Waals surface area contributed by atoms with E-state index >= 15 is 0 Å². The minimum atomic E-state index is -0.506. The van der Waals surface area contributed by atoms with Crippen molar-refractivity contribution in [2.24, 2.45) is 0 Å². The van der Waals surface area contributed by atoms with Crippen molar-refractivity contribution >= 4 is 24.2 Å². The Morgan fingerprint density at radius 1 is 1.20 bits per heavy atom. The number of benzene rings is 1. The predicted octanol–water partition coefficient (Wildman–Crippen LogP) is 1.32. The maximum Gasteiger partial charge on any atom is 0.494 e. The summed E-state index contributed by atoms with van der Waals surface area (Å²) in [4.78, 5) is 29.5. The summed E-state index contributed by atoms with van der Waals surface area (Å²) in [5.74, 6) is -0.415. The van der Waals surface area contributed by atoms with E-state index in [2.05, 4.69) is 15.3 Å². The highest BCUT2D eigenvalue weighted by atomic mass is 16.7. The van der Waals surface area contributed by atoms with Crippen LogP contribution in [-0.2, 0) is 9.31 Å². The van der Waals surface area contributed by atoms with E-state index in [4.69, 9.17) is 9.31 Å². The molecular formula is C17H20BN3O4. The van der Waals surface area contributed by atoms with Crippen LogP contribution in [0.15, 0.2) is 41.5 Å². The fourth-order valence-corrected chi connectivity index (χ4v) is 2.40. The highest BCUT2D eigenvalue weighted by Crippen LogP contribution is 2.36. The highest BCUT2D eigenvalue weighted by Gasteiger charge is 2.51. The Morgan fingerprint density at radius 3 is 2.48 bits per heavy atom. The van der Waals surface area contributed by atoms with Crippen LogP contribution >= 0.6 is 0 Å². The predicted molar refractivity (Wildman–Crippen MR) is 95.0 cm³/mol. The van der Waals surface area contributed by atoms with E-state index in [1.807, 2.05) is 39.8 Å². The molecule has 1 fully saturated rings. The standard InChI is InChI=1S/C17H20BN3O4/c1-16(2)17(3,4)25-18(24-16)11-6-5-7-12(8-11)21-15(23)13-9-20-14(22)10-19-13/h5-10H,1-4H3,(H,20,22)(H,21,23). The number of hydrogen-bond donors (Lipinski definition) is 2. The average Bonchev–Trinajstić information content (AvgIpc) is 2.76. The van der Waals surface area contributed by atoms with E-state index in [9.17, 15) is 9.59 Å². The fraction of sp³-hybridized carbons (Fsp3) is 0.353. The summed E-state index contributed by atoms with van der Waals surface area (Å²) in [6.45, 7) is 7.95. The van der Waals surface area contributed by atoms with Crippen LogP contribution in [0.25, 0.3) is 0 Å². The molecule has 0 saturated carbocycles. The van der Waals surface area contributed by atoms with E-state index in [0.717, 1.165) is 11.7 Å². The van der Waals surface area contributed by atoms with Crippen molar-refractivity contribution in [2.45, 2.75) is 38.9 Å². The number of aromatic amines is 1. The second-order valence-corrected chi connectivity index (χ2v) is 6.96. The molecule has 0 aliphatic carbocycles. The Hall–Kier alpha value is -2.45. The lowest BCUT2D eigenvalue weighted by Crippen LogP contribution is -2.41. The van der Waals surface area contributed by atoms with Gasteiger partial charge in [0, 0.05) is 11.9 Å². The molecule has 1 aliphatic rings. The van der Waals surface area contributed by atoms with E-state index in [-0.39, 0.29) is 11.3 Å². The van der Waals surface area contributed by atoms with Crippen LogP contribution in [0.5, 0.6) is 0 Å². The zero-order valence-corrected chi connectivity index (χ0v) is 14.6. The molecule has 1 aliphatic heterocycles. The van der Waals surface area contributed by atoms with Crippen molar-refractivity contribution in [1.29, 1.82) is 0 Å². The number of hydrogen-bond acceptors (Lipinski definition) is 5. The van der Waals surface area contributed by atoms with E-state index in [1.165, 1.54) is 6.20 Å². The number of nitrogens with one attached hydrogen (secondary N) is 2. The molecule has 0 radical (unpaired) electrons. The zero-order valence-electron chi connectivity index (χ0n) is 14.6. The van der Waals surface area contributed by atoms with Gasteiger partial charge in [-0.05, 0) is 45.3 Å². The van der Waals surface area contributed by atoms with Gasteiger partial charge in [0.05, 0.1) is 17.4 Å². The Bertz CT molecular complexity index is 826. The number of carbonyl (C=O) groups is 1. The molecular weight excluding hydrogens is 321 g/mol. The monoisotopic (exact) mass is 341 g/mol. The van der Waals surface area contributed by atoms with Gasteiger partial charge in [0.15, 0.2) is 0 Å². The largest absolute Gasteiger partial charge is 0.494 e. The van der Waals surface area contributed by atoms with E-state index in [0.29, 0.717) is 5.69 Å². The molecule has 2 aromatic rings. The minimum Gasteiger partial charge on any atom is -0.399 e. The van der Waals surface area contributed by atoms with Crippen LogP contribution in [0.2, 0.25) is 0 Å². The molecule has 1 saturated heterocycles. The van der Waals surface area contributed by atoms with E-state index in [1.54, 1.807) is 12.1 Å². The quantitative estimate of drug-likeness (QED) is 0.822. The van der Waals surface area contributed by atoms with Crippen molar-refractivity contribution < 1.29 is 14.1 Å². The van der Waals surface area contributed by atoms with Crippen molar-refractivity contribution in [1.82, 2.24) is 9.97 Å². The molecule has 0 bridgehead atoms. The van der Waals surface area contributed by atoms with Gasteiger partial charge in [-0.3, -0.25) is 9.59 Å². The Kier molecular flexibility index (Phi) is 4.26. The third kappa shape index (κ3) is 3.50. The SMILES string of the molecule is CC1(C)OB(c2cccc(NC(=O)c3c[nH]c(=O)cn3)c2)OC1(C)C. The summed E-state index contributed by atoms with van der Waals surface area (Å²) in [5, 5.41) is 2.75. The van der Waals surface area contributed by atoms with Crippen LogP contribution in [0.4, 0.5) is 5.69 Å². The molecule has 1 amide bonds. The van der Waals surface area contributed by atoms with Crippen molar-refractivity contribution in [3.63, 3.8) is 0 Å². The first-order chi connectivity index (χ1) is 11.7. The van der Waals surface area contributed by atoms with Crippen LogP contribution in [-0.4, -0.2) is 34.2 Å². The Morgan fingerprint density at radius 2 is 1.88 bits per heavy atom. The fourth-order valence-electron chi connectivity index (χ4n) is 2.40. The molecule has 1 aromatic heterocycles. The maximum atomic E-state index is 12.2. The Balaban J connectivity index is 1.77. The third-order valence-electron chi connectivity index (χ3n) is 4.57. The second-order valence-electron chi connectivity index (χ2n) is 6.96. The van der Waals surface area contributed by atoms with Crippen LogP contribution in [0, 0.1) is 0 Å². The summed E-state index contributed by atoms with van der Waals surface area (Å²) in [7, 11) is -0.506. The first-order valence-electron chi connectivity index (χ1n) is 8.00. The van der Waals surface area contributed by atoms with Crippen molar-refractivity contribution in [3.8, 4) is 0 Å². The van der Waals surface area contributed by atoms with Gasteiger partial charge in [-0.25, -0.2) is 4.98 Å². The molecule has 130 valence electrons. The Labute approximate surface area is 145 Å². The lowest BCUT2D eigenvalue weighted by Gasteiger charge is -2.32. The van der Waals surface area contributed by atoms with Crippen molar-refractivity contribution in [3.05, 3.63) is 52.7 Å².